The van der Waals surface area contributed by atoms with Crippen LogP contribution in [0.25, 0.3) is 0 Å². The molecule has 0 aliphatic carbocycles. The summed E-state index contributed by atoms with van der Waals surface area (Å²) in [6.07, 6.45) is 5.26. The van der Waals surface area contributed by atoms with Gasteiger partial charge in [0.15, 0.2) is 0 Å². The largest absolute Gasteiger partial charge is 0.378 e. The first-order valence-corrected chi connectivity index (χ1v) is 5.20. The van der Waals surface area contributed by atoms with Crippen molar-refractivity contribution >= 4 is 5.91 Å². The van der Waals surface area contributed by atoms with E-state index in [1.807, 2.05) is 18.7 Å². The summed E-state index contributed by atoms with van der Waals surface area (Å²) in [7, 11) is 0. The lowest BCUT2D eigenvalue weighted by Gasteiger charge is -2.33. The lowest BCUT2D eigenvalue weighted by atomic mass is 10.2. The number of hydrogen-bond donors (Lipinski definition) is 1. The number of amides is 1. The highest BCUT2D eigenvalue weighted by molar-refractivity contribution is 5.82. The second-order valence-corrected chi connectivity index (χ2v) is 3.93. The first-order valence-electron chi connectivity index (χ1n) is 5.20. The molecule has 0 spiro atoms. The average molecular weight is 210 g/mol. The van der Waals surface area contributed by atoms with Gasteiger partial charge in [-0.2, -0.15) is 0 Å². The predicted octanol–water partition coefficient (Wildman–Crippen LogP) is -0.155. The molecule has 1 N–H and O–H groups in total. The standard InChI is InChI=1S/C11H18N2O2/c1-4-5-13-6-7-15-8-10(13)11(14)12-9(2)3/h1,9-10H,5-8H2,2-3H3,(H,12,14). The zero-order chi connectivity index (χ0) is 11.3. The number of carbonyl (C=O) groups excluding carboxylic acids is 1. The maximum absolute atomic E-state index is 11.8. The Bertz CT molecular complexity index is 258. The fourth-order valence-corrected chi connectivity index (χ4v) is 1.57. The lowest BCUT2D eigenvalue weighted by Crippen LogP contribution is -2.54. The van der Waals surface area contributed by atoms with Crippen LogP contribution in [0, 0.1) is 12.3 Å². The second kappa shape index (κ2) is 5.74. The van der Waals surface area contributed by atoms with E-state index in [9.17, 15) is 4.79 Å². The maximum atomic E-state index is 11.8. The molecule has 1 amide bonds. The van der Waals surface area contributed by atoms with Crippen molar-refractivity contribution in [1.29, 1.82) is 0 Å². The summed E-state index contributed by atoms with van der Waals surface area (Å²) < 4.78 is 5.29. The van der Waals surface area contributed by atoms with Crippen molar-refractivity contribution in [2.75, 3.05) is 26.3 Å². The first kappa shape index (κ1) is 12.0. The molecule has 0 radical (unpaired) electrons. The normalized spacial score (nSPS) is 22.4. The van der Waals surface area contributed by atoms with Crippen LogP contribution in [0.1, 0.15) is 13.8 Å². The van der Waals surface area contributed by atoms with Crippen molar-refractivity contribution in [2.45, 2.75) is 25.9 Å². The smallest absolute Gasteiger partial charge is 0.239 e. The van der Waals surface area contributed by atoms with Gasteiger partial charge in [-0.25, -0.2) is 0 Å². The first-order chi connectivity index (χ1) is 7.15. The van der Waals surface area contributed by atoms with Crippen molar-refractivity contribution in [1.82, 2.24) is 10.2 Å². The van der Waals surface area contributed by atoms with E-state index in [1.165, 1.54) is 0 Å². The quantitative estimate of drug-likeness (QED) is 0.658. The van der Waals surface area contributed by atoms with Gasteiger partial charge >= 0.3 is 0 Å². The van der Waals surface area contributed by atoms with Crippen molar-refractivity contribution in [3.8, 4) is 12.3 Å². The Morgan fingerprint density at radius 1 is 1.73 bits per heavy atom. The van der Waals surface area contributed by atoms with Crippen LogP contribution in [-0.4, -0.2) is 49.2 Å². The van der Waals surface area contributed by atoms with Gasteiger partial charge in [0.05, 0.1) is 19.8 Å². The highest BCUT2D eigenvalue weighted by Gasteiger charge is 2.28. The molecule has 1 atom stereocenters. The molecule has 1 aliphatic heterocycles. The van der Waals surface area contributed by atoms with Gasteiger partial charge in [0.1, 0.15) is 6.04 Å². The number of ether oxygens (including phenoxy) is 1. The molecule has 0 aromatic rings. The van der Waals surface area contributed by atoms with E-state index in [4.69, 9.17) is 11.2 Å². The monoisotopic (exact) mass is 210 g/mol. The van der Waals surface area contributed by atoms with Crippen LogP contribution >= 0.6 is 0 Å². The van der Waals surface area contributed by atoms with Gasteiger partial charge in [-0.3, -0.25) is 9.69 Å². The van der Waals surface area contributed by atoms with E-state index in [0.29, 0.717) is 19.8 Å². The molecule has 84 valence electrons. The van der Waals surface area contributed by atoms with Crippen LogP contribution in [0.4, 0.5) is 0 Å². The molecular weight excluding hydrogens is 192 g/mol. The van der Waals surface area contributed by atoms with Gasteiger partial charge in [-0.1, -0.05) is 5.92 Å². The molecule has 0 bridgehead atoms. The summed E-state index contributed by atoms with van der Waals surface area (Å²) in [5, 5.41) is 2.87. The highest BCUT2D eigenvalue weighted by Crippen LogP contribution is 2.06. The molecule has 0 aromatic heterocycles. The van der Waals surface area contributed by atoms with E-state index in [1.54, 1.807) is 0 Å². The van der Waals surface area contributed by atoms with E-state index >= 15 is 0 Å². The third kappa shape index (κ3) is 3.54. The number of nitrogens with one attached hydrogen (secondary N) is 1. The van der Waals surface area contributed by atoms with Crippen LogP contribution in [0.15, 0.2) is 0 Å². The lowest BCUT2D eigenvalue weighted by molar-refractivity contribution is -0.132. The second-order valence-electron chi connectivity index (χ2n) is 3.93. The molecule has 15 heavy (non-hydrogen) atoms. The molecule has 4 nitrogen and oxygen atoms in total. The van der Waals surface area contributed by atoms with Crippen LogP contribution < -0.4 is 5.32 Å². The predicted molar refractivity (Wildman–Crippen MR) is 58.3 cm³/mol. The van der Waals surface area contributed by atoms with Crippen molar-refractivity contribution in [3.63, 3.8) is 0 Å². The van der Waals surface area contributed by atoms with Gasteiger partial charge in [0.2, 0.25) is 5.91 Å². The van der Waals surface area contributed by atoms with Crippen molar-refractivity contribution in [2.24, 2.45) is 0 Å². The Morgan fingerprint density at radius 2 is 2.47 bits per heavy atom. The number of nitrogens with zero attached hydrogens (tertiary/aromatic N) is 1. The minimum absolute atomic E-state index is 0.0000463. The summed E-state index contributed by atoms with van der Waals surface area (Å²) in [5.41, 5.74) is 0. The summed E-state index contributed by atoms with van der Waals surface area (Å²) >= 11 is 0. The molecule has 1 aliphatic rings. The topological polar surface area (TPSA) is 41.6 Å². The van der Waals surface area contributed by atoms with Crippen LogP contribution in [-0.2, 0) is 9.53 Å². The zero-order valence-electron chi connectivity index (χ0n) is 9.32. The molecule has 1 heterocycles. The summed E-state index contributed by atoms with van der Waals surface area (Å²) in [5.74, 6) is 2.57. The van der Waals surface area contributed by atoms with E-state index in [0.717, 1.165) is 6.54 Å². The zero-order valence-corrected chi connectivity index (χ0v) is 9.32. The highest BCUT2D eigenvalue weighted by atomic mass is 16.5. The fourth-order valence-electron chi connectivity index (χ4n) is 1.57. The minimum atomic E-state index is -0.239. The molecule has 1 rings (SSSR count). The molecule has 1 saturated heterocycles. The van der Waals surface area contributed by atoms with Gasteiger partial charge in [-0.05, 0) is 13.8 Å². The number of terminal acetylenes is 1. The number of rotatable bonds is 3. The maximum Gasteiger partial charge on any atom is 0.239 e. The Morgan fingerprint density at radius 3 is 3.07 bits per heavy atom. The fraction of sp³-hybridized carbons (Fsp3) is 0.727. The molecule has 0 saturated carbocycles. The summed E-state index contributed by atoms with van der Waals surface area (Å²) in [6.45, 7) is 6.17. The average Bonchev–Trinajstić information content (AvgIpc) is 2.18. The van der Waals surface area contributed by atoms with Crippen molar-refractivity contribution < 1.29 is 9.53 Å². The third-order valence-electron chi connectivity index (χ3n) is 2.27. The Hall–Kier alpha value is -1.05. The Kier molecular flexibility index (Phi) is 4.60. The van der Waals surface area contributed by atoms with E-state index in [-0.39, 0.29) is 18.0 Å². The molecule has 1 unspecified atom stereocenters. The summed E-state index contributed by atoms with van der Waals surface area (Å²) in [4.78, 5) is 13.8. The molecular formula is C11H18N2O2. The molecule has 1 fully saturated rings. The van der Waals surface area contributed by atoms with Gasteiger partial charge < -0.3 is 10.1 Å². The van der Waals surface area contributed by atoms with E-state index in [2.05, 4.69) is 11.2 Å². The SMILES string of the molecule is C#CCN1CCOCC1C(=O)NC(C)C. The van der Waals surface area contributed by atoms with Gasteiger partial charge in [-0.15, -0.1) is 6.42 Å². The van der Waals surface area contributed by atoms with E-state index < -0.39 is 0 Å². The number of hydrogen-bond acceptors (Lipinski definition) is 3. The number of morpholine rings is 1. The van der Waals surface area contributed by atoms with Gasteiger partial charge in [0, 0.05) is 12.6 Å². The Balaban J connectivity index is 2.55. The Labute approximate surface area is 91.0 Å². The molecule has 0 aromatic carbocycles. The van der Waals surface area contributed by atoms with Crippen LogP contribution in [0.3, 0.4) is 0 Å². The third-order valence-corrected chi connectivity index (χ3v) is 2.27. The van der Waals surface area contributed by atoms with Crippen LogP contribution in [0.5, 0.6) is 0 Å². The van der Waals surface area contributed by atoms with Gasteiger partial charge in [0.25, 0.3) is 0 Å². The number of carbonyl (C=O) groups is 1. The molecule has 4 heteroatoms. The minimum Gasteiger partial charge on any atom is -0.378 e. The summed E-state index contributed by atoms with van der Waals surface area (Å²) in [6, 6.07) is -0.0932. The van der Waals surface area contributed by atoms with Crippen molar-refractivity contribution in [3.05, 3.63) is 0 Å². The van der Waals surface area contributed by atoms with Crippen LogP contribution in [0.2, 0.25) is 0 Å².